The van der Waals surface area contributed by atoms with Gasteiger partial charge in [-0.15, -0.1) is 17.9 Å². The molecule has 0 atom stereocenters. The highest BCUT2D eigenvalue weighted by molar-refractivity contribution is 7.15. The van der Waals surface area contributed by atoms with Gasteiger partial charge in [0.15, 0.2) is 0 Å². The Morgan fingerprint density at radius 1 is 1.19 bits per heavy atom. The highest BCUT2D eigenvalue weighted by Crippen LogP contribution is 2.40. The molecule has 3 aromatic rings. The third-order valence-electron chi connectivity index (χ3n) is 5.79. The number of halogens is 1. The molecule has 1 aliphatic heterocycles. The molecule has 170 valence electrons. The van der Waals surface area contributed by atoms with Crippen molar-refractivity contribution in [2.75, 3.05) is 26.4 Å². The van der Waals surface area contributed by atoms with Crippen molar-refractivity contribution in [3.8, 4) is 21.7 Å². The summed E-state index contributed by atoms with van der Waals surface area (Å²) in [6.07, 6.45) is 1.92. The standard InChI is InChI=1S/C19H18ClN3S.C7H15N/c1-11-12(14-7-4-8-15(21)18(14)20)5-3-6-13(11)19-22-16-9-23(2)10-17(16)24-19;1-5-6-8(4)7(2)3/h3-8H,9-10,21H2,1-2H3;5,7H,1,6H2,2-4H3. The zero-order valence-electron chi connectivity index (χ0n) is 19.7. The number of hydrogen-bond acceptors (Lipinski definition) is 5. The molecule has 2 N–H and O–H groups in total. The maximum Gasteiger partial charge on any atom is 0.124 e. The monoisotopic (exact) mass is 468 g/mol. The van der Waals surface area contributed by atoms with Gasteiger partial charge in [0.25, 0.3) is 0 Å². The predicted molar refractivity (Wildman–Crippen MR) is 140 cm³/mol. The summed E-state index contributed by atoms with van der Waals surface area (Å²) in [7, 11) is 4.22. The number of hydrogen-bond donors (Lipinski definition) is 1. The molecule has 1 aliphatic rings. The Balaban J connectivity index is 0.000000312. The lowest BCUT2D eigenvalue weighted by atomic mass is 9.96. The number of nitrogen functional groups attached to an aromatic ring is 1. The van der Waals surface area contributed by atoms with Crippen LogP contribution in [0, 0.1) is 6.92 Å². The second-order valence-corrected chi connectivity index (χ2v) is 10.0. The predicted octanol–water partition coefficient (Wildman–Crippen LogP) is 6.48. The molecule has 0 saturated heterocycles. The van der Waals surface area contributed by atoms with E-state index in [0.29, 0.717) is 16.8 Å². The number of nitrogens with zero attached hydrogens (tertiary/aromatic N) is 3. The van der Waals surface area contributed by atoms with Gasteiger partial charge in [0.05, 0.1) is 16.4 Å². The van der Waals surface area contributed by atoms with Crippen LogP contribution in [0.5, 0.6) is 0 Å². The SMILES string of the molecule is C=CCN(C)C(C)C.Cc1c(-c2nc3c(s2)CN(C)C3)cccc1-c1cccc(N)c1Cl. The summed E-state index contributed by atoms with van der Waals surface area (Å²) in [5.41, 5.74) is 12.2. The van der Waals surface area contributed by atoms with Crippen LogP contribution in [-0.4, -0.2) is 41.5 Å². The Labute approximate surface area is 201 Å². The number of aromatic nitrogens is 1. The molecule has 0 bridgehead atoms. The van der Waals surface area contributed by atoms with Crippen LogP contribution in [0.2, 0.25) is 5.02 Å². The molecule has 6 heteroatoms. The number of likely N-dealkylation sites (N-methyl/N-ethyl adjacent to an activating group) is 1. The second kappa shape index (κ2) is 10.6. The first-order valence-electron chi connectivity index (χ1n) is 10.9. The van der Waals surface area contributed by atoms with Crippen molar-refractivity contribution in [1.82, 2.24) is 14.8 Å². The van der Waals surface area contributed by atoms with Gasteiger partial charge in [-0.1, -0.05) is 48.0 Å². The molecule has 2 heterocycles. The molecule has 0 aliphatic carbocycles. The lowest BCUT2D eigenvalue weighted by Gasteiger charge is -2.17. The summed E-state index contributed by atoms with van der Waals surface area (Å²) < 4.78 is 0. The number of thiazole rings is 1. The molecule has 2 aromatic carbocycles. The topological polar surface area (TPSA) is 45.4 Å². The average Bonchev–Trinajstić information content (AvgIpc) is 3.28. The lowest BCUT2D eigenvalue weighted by Crippen LogP contribution is -2.25. The van der Waals surface area contributed by atoms with Crippen molar-refractivity contribution in [2.45, 2.75) is 39.9 Å². The molecule has 0 amide bonds. The van der Waals surface area contributed by atoms with Crippen LogP contribution < -0.4 is 5.73 Å². The van der Waals surface area contributed by atoms with E-state index in [4.69, 9.17) is 22.3 Å². The molecule has 1 aromatic heterocycles. The van der Waals surface area contributed by atoms with Crippen LogP contribution in [0.4, 0.5) is 5.69 Å². The molecule has 0 unspecified atom stereocenters. The fourth-order valence-corrected chi connectivity index (χ4v) is 5.09. The van der Waals surface area contributed by atoms with E-state index in [-0.39, 0.29) is 0 Å². The summed E-state index contributed by atoms with van der Waals surface area (Å²) >= 11 is 8.23. The van der Waals surface area contributed by atoms with E-state index in [1.165, 1.54) is 21.7 Å². The summed E-state index contributed by atoms with van der Waals surface area (Å²) in [5.74, 6) is 0. The van der Waals surface area contributed by atoms with Gasteiger partial charge < -0.3 is 10.6 Å². The maximum atomic E-state index is 6.43. The molecule has 0 spiro atoms. The van der Waals surface area contributed by atoms with Gasteiger partial charge in [-0.25, -0.2) is 4.98 Å². The smallest absolute Gasteiger partial charge is 0.124 e. The zero-order valence-corrected chi connectivity index (χ0v) is 21.2. The summed E-state index contributed by atoms with van der Waals surface area (Å²) in [4.78, 5) is 10.8. The van der Waals surface area contributed by atoms with Crippen LogP contribution in [0.3, 0.4) is 0 Å². The minimum atomic E-state index is 0.607. The summed E-state index contributed by atoms with van der Waals surface area (Å²) in [5, 5.41) is 1.70. The molecule has 0 fully saturated rings. The van der Waals surface area contributed by atoms with Gasteiger partial charge in [0.2, 0.25) is 0 Å². The van der Waals surface area contributed by atoms with E-state index in [0.717, 1.165) is 35.8 Å². The van der Waals surface area contributed by atoms with E-state index in [1.807, 2.05) is 24.3 Å². The number of rotatable bonds is 5. The van der Waals surface area contributed by atoms with Crippen molar-refractivity contribution < 1.29 is 0 Å². The minimum absolute atomic E-state index is 0.607. The van der Waals surface area contributed by atoms with Crippen molar-refractivity contribution in [3.05, 3.63) is 70.2 Å². The van der Waals surface area contributed by atoms with E-state index < -0.39 is 0 Å². The second-order valence-electron chi connectivity index (χ2n) is 8.57. The van der Waals surface area contributed by atoms with Gasteiger partial charge in [0.1, 0.15) is 5.01 Å². The number of benzene rings is 2. The zero-order chi connectivity index (χ0) is 23.4. The van der Waals surface area contributed by atoms with Crippen LogP contribution in [0.1, 0.15) is 30.0 Å². The van der Waals surface area contributed by atoms with Gasteiger partial charge in [-0.3, -0.25) is 4.90 Å². The van der Waals surface area contributed by atoms with E-state index in [9.17, 15) is 0 Å². The van der Waals surface area contributed by atoms with Crippen LogP contribution in [0.25, 0.3) is 21.7 Å². The number of fused-ring (bicyclic) bond motifs is 1. The Morgan fingerprint density at radius 3 is 2.47 bits per heavy atom. The molecule has 4 rings (SSSR count). The fraction of sp³-hybridized carbons (Fsp3) is 0.346. The highest BCUT2D eigenvalue weighted by Gasteiger charge is 2.22. The molecule has 0 saturated carbocycles. The Kier molecular flexibility index (Phi) is 8.12. The summed E-state index contributed by atoms with van der Waals surface area (Å²) in [6.45, 7) is 13.0. The third-order valence-corrected chi connectivity index (χ3v) is 7.33. The van der Waals surface area contributed by atoms with Gasteiger partial charge in [-0.05, 0) is 52.1 Å². The van der Waals surface area contributed by atoms with Crippen molar-refractivity contribution in [2.24, 2.45) is 0 Å². The van der Waals surface area contributed by atoms with E-state index in [2.05, 4.69) is 69.4 Å². The summed E-state index contributed by atoms with van der Waals surface area (Å²) in [6, 6.07) is 12.7. The van der Waals surface area contributed by atoms with Gasteiger partial charge in [-0.2, -0.15) is 0 Å². The minimum Gasteiger partial charge on any atom is -0.398 e. The molecular weight excluding hydrogens is 436 g/mol. The largest absolute Gasteiger partial charge is 0.398 e. The first-order chi connectivity index (χ1) is 15.2. The average molecular weight is 469 g/mol. The molecule has 4 nitrogen and oxygen atoms in total. The number of anilines is 1. The first kappa shape index (κ1) is 24.5. The number of nitrogens with two attached hydrogens (primary N) is 1. The van der Waals surface area contributed by atoms with E-state index in [1.54, 1.807) is 11.3 Å². The Bertz CT molecular complexity index is 1070. The quantitative estimate of drug-likeness (QED) is 0.344. The Morgan fingerprint density at radius 2 is 1.84 bits per heavy atom. The highest BCUT2D eigenvalue weighted by atomic mass is 35.5. The molecule has 32 heavy (non-hydrogen) atoms. The van der Waals surface area contributed by atoms with Crippen LogP contribution in [-0.2, 0) is 13.1 Å². The van der Waals surface area contributed by atoms with Gasteiger partial charge in [0, 0.05) is 41.7 Å². The van der Waals surface area contributed by atoms with Crippen molar-refractivity contribution in [1.29, 1.82) is 0 Å². The maximum absolute atomic E-state index is 6.43. The van der Waals surface area contributed by atoms with Crippen molar-refractivity contribution in [3.63, 3.8) is 0 Å². The van der Waals surface area contributed by atoms with Crippen molar-refractivity contribution >= 4 is 28.6 Å². The third kappa shape index (κ3) is 5.41. The Hall–Kier alpha value is -2.18. The normalized spacial score (nSPS) is 13.2. The van der Waals surface area contributed by atoms with Gasteiger partial charge >= 0.3 is 0 Å². The fourth-order valence-electron chi connectivity index (χ4n) is 3.63. The van der Waals surface area contributed by atoms with Crippen LogP contribution >= 0.6 is 22.9 Å². The van der Waals surface area contributed by atoms with E-state index >= 15 is 0 Å². The lowest BCUT2D eigenvalue weighted by molar-refractivity contribution is 0.303. The van der Waals surface area contributed by atoms with Crippen LogP contribution in [0.15, 0.2) is 49.1 Å². The molecular formula is C26H33ClN4S. The molecule has 0 radical (unpaired) electrons. The first-order valence-corrected chi connectivity index (χ1v) is 12.0.